The number of sulfone groups is 2. The Labute approximate surface area is 448 Å². The highest BCUT2D eigenvalue weighted by Crippen LogP contribution is 2.36. The summed E-state index contributed by atoms with van der Waals surface area (Å²) < 4.78 is 81.5. The molecular weight excluding hydrogens is 953 g/mol. The van der Waals surface area contributed by atoms with Crippen molar-refractivity contribution in [3.8, 4) is 23.0 Å². The van der Waals surface area contributed by atoms with Crippen LogP contribution in [-0.4, -0.2) is 52.4 Å². The highest BCUT2D eigenvalue weighted by molar-refractivity contribution is 8.31. The van der Waals surface area contributed by atoms with Crippen LogP contribution in [0.5, 0.6) is 23.0 Å². The van der Waals surface area contributed by atoms with E-state index in [1.807, 2.05) is 0 Å². The van der Waals surface area contributed by atoms with E-state index in [0.717, 1.165) is 77.0 Å². The zero-order valence-corrected chi connectivity index (χ0v) is 48.7. The molecule has 0 N–H and O–H groups in total. The van der Waals surface area contributed by atoms with Crippen LogP contribution in [0.25, 0.3) is 5.53 Å². The fourth-order valence-electron chi connectivity index (χ4n) is 9.37. The Morgan fingerprint density at radius 2 is 0.562 bits per heavy atom. The van der Waals surface area contributed by atoms with Crippen molar-refractivity contribution in [3.05, 3.63) is 41.9 Å². The summed E-state index contributed by atoms with van der Waals surface area (Å²) in [5.41, 5.74) is 10.4. The van der Waals surface area contributed by atoms with Gasteiger partial charge < -0.3 is 24.5 Å². The molecule has 0 aliphatic rings. The molecule has 0 heterocycles. The van der Waals surface area contributed by atoms with Crippen molar-refractivity contribution in [1.29, 1.82) is 0 Å². The van der Waals surface area contributed by atoms with Crippen molar-refractivity contribution in [2.75, 3.05) is 26.4 Å². The first kappa shape index (κ1) is 66.0. The van der Waals surface area contributed by atoms with Gasteiger partial charge in [-0.15, -0.1) is 4.79 Å². The summed E-state index contributed by atoms with van der Waals surface area (Å²) in [7, 11) is -9.95. The lowest BCUT2D eigenvalue weighted by Gasteiger charge is -2.15. The van der Waals surface area contributed by atoms with Gasteiger partial charge in [0, 0.05) is 12.1 Å². The Bertz CT molecular complexity index is 1800. The molecule has 73 heavy (non-hydrogen) atoms. The zero-order chi connectivity index (χ0) is 52.9. The number of unbranched alkanes of at least 4 members (excludes halogenated alkanes) is 36. The van der Waals surface area contributed by atoms with Crippen LogP contribution in [0.2, 0.25) is 0 Å². The van der Waals surface area contributed by atoms with Crippen molar-refractivity contribution >= 4 is 24.1 Å². The number of nitrogens with zero attached hydrogens (tertiary/aromatic N) is 2. The second-order valence-corrected chi connectivity index (χ2v) is 24.6. The highest BCUT2D eigenvalue weighted by Gasteiger charge is 2.47. The van der Waals surface area contributed by atoms with E-state index in [2.05, 4.69) is 32.5 Å². The first-order valence-corrected chi connectivity index (χ1v) is 33.1. The highest BCUT2D eigenvalue weighted by atomic mass is 32.3. The van der Waals surface area contributed by atoms with Crippen LogP contribution >= 0.6 is 0 Å². The minimum Gasteiger partial charge on any atom is -0.493 e. The van der Waals surface area contributed by atoms with Crippen molar-refractivity contribution < 1.29 is 40.6 Å². The van der Waals surface area contributed by atoms with Crippen molar-refractivity contribution in [2.24, 2.45) is 0 Å². The number of ether oxygens (including phenoxy) is 4. The van der Waals surface area contributed by atoms with Gasteiger partial charge in [-0.2, -0.15) is 0 Å². The second-order valence-electron chi connectivity index (χ2n) is 20.7. The van der Waals surface area contributed by atoms with Crippen molar-refractivity contribution in [3.63, 3.8) is 0 Å². The predicted octanol–water partition coefficient (Wildman–Crippen LogP) is 18.7. The largest absolute Gasteiger partial charge is 0.504 e. The van der Waals surface area contributed by atoms with E-state index in [9.17, 15) is 22.4 Å². The fourth-order valence-corrected chi connectivity index (χ4v) is 12.9. The normalized spacial score (nSPS) is 11.7. The lowest BCUT2D eigenvalue weighted by atomic mass is 10.1. The smallest absolute Gasteiger partial charge is 0.493 e. The molecule has 0 spiro atoms. The van der Waals surface area contributed by atoms with Gasteiger partial charge in [0.1, 0.15) is 32.8 Å². The topological polar surface area (TPSA) is 142 Å². The minimum atomic E-state index is -4.98. The Kier molecular flexibility index (Phi) is 39.9. The standard InChI is InChI=1S/C61H106N2O8S2/c1-5-9-13-17-21-25-29-33-37-41-49-68-55-45-47-59(57(53-55)70-51-43-39-35-31-27-23-19-15-11-7-3)72(64,65)61(63-62)73(66,67)60-48-46-56(69-50-42-38-34-30-26-22-18-14-10-6-2)54-58(60)71-52-44-40-36-32-28-24-20-16-12-8-4/h45-48,53-54H,5-44,49-52H2,1-4H3. The van der Waals surface area contributed by atoms with Crippen LogP contribution < -0.4 is 18.9 Å². The van der Waals surface area contributed by atoms with Gasteiger partial charge in [0.15, 0.2) is 0 Å². The van der Waals surface area contributed by atoms with Gasteiger partial charge in [-0.3, -0.25) is 0 Å². The SMILES string of the molecule is CCCCCCCCCCCCOc1ccc(S(=O)(=O)C(=[N+]=[N-])S(=O)(=O)c2ccc(OCCCCCCCCCCCC)cc2OCCCCCCCCCCCC)c(OCCCCCCCCCCCC)c1. The van der Waals surface area contributed by atoms with Gasteiger partial charge in [0.05, 0.1) is 26.4 Å². The summed E-state index contributed by atoms with van der Waals surface area (Å²) in [6, 6.07) is 8.65. The number of hydrogen-bond acceptors (Lipinski definition) is 8. The third kappa shape index (κ3) is 30.3. The van der Waals surface area contributed by atoms with Gasteiger partial charge >= 0.3 is 4.38 Å². The molecule has 2 aromatic carbocycles. The molecule has 0 aliphatic carbocycles. The summed E-state index contributed by atoms with van der Waals surface area (Å²) in [6.07, 6.45) is 46.6. The molecule has 0 aromatic heterocycles. The molecule has 2 rings (SSSR count). The molecule has 0 atom stereocenters. The average molecular weight is 1060 g/mol. The van der Waals surface area contributed by atoms with E-state index in [1.54, 1.807) is 0 Å². The molecule has 0 unspecified atom stereocenters. The van der Waals surface area contributed by atoms with Crippen LogP contribution in [0.15, 0.2) is 46.2 Å². The summed E-state index contributed by atoms with van der Waals surface area (Å²) >= 11 is 0. The second kappa shape index (κ2) is 44.1. The van der Waals surface area contributed by atoms with Crippen molar-refractivity contribution in [2.45, 2.75) is 294 Å². The maximum atomic E-state index is 14.6. The molecular formula is C61H106N2O8S2. The summed E-state index contributed by atoms with van der Waals surface area (Å²) in [5, 5.41) is 0. The van der Waals surface area contributed by atoms with E-state index < -0.39 is 33.8 Å². The van der Waals surface area contributed by atoms with Gasteiger partial charge in [0.25, 0.3) is 19.7 Å². The fraction of sp³-hybridized carbons (Fsp3) is 0.787. The molecule has 0 radical (unpaired) electrons. The molecule has 0 saturated carbocycles. The van der Waals surface area contributed by atoms with Crippen LogP contribution in [0.3, 0.4) is 0 Å². The molecule has 0 fully saturated rings. The Morgan fingerprint density at radius 1 is 0.342 bits per heavy atom. The predicted molar refractivity (Wildman–Crippen MR) is 305 cm³/mol. The first-order valence-electron chi connectivity index (χ1n) is 30.2. The average Bonchev–Trinajstić information content (AvgIpc) is 3.38. The Hall–Kier alpha value is -3.08. The molecule has 420 valence electrons. The van der Waals surface area contributed by atoms with Gasteiger partial charge in [0.2, 0.25) is 0 Å². The van der Waals surface area contributed by atoms with Gasteiger partial charge in [-0.25, -0.2) is 16.8 Å². The third-order valence-electron chi connectivity index (χ3n) is 14.0. The summed E-state index contributed by atoms with van der Waals surface area (Å²) in [5.74, 6) is 0.769. The lowest BCUT2D eigenvalue weighted by molar-refractivity contribution is 0.00376. The van der Waals surface area contributed by atoms with Crippen molar-refractivity contribution in [1.82, 2.24) is 0 Å². The Morgan fingerprint density at radius 3 is 0.795 bits per heavy atom. The maximum absolute atomic E-state index is 14.6. The molecule has 2 aromatic rings. The minimum absolute atomic E-state index is 0.0407. The van der Waals surface area contributed by atoms with Crippen LogP contribution in [0, 0.1) is 0 Å². The van der Waals surface area contributed by atoms with E-state index >= 15 is 0 Å². The van der Waals surface area contributed by atoms with E-state index in [0.29, 0.717) is 37.6 Å². The van der Waals surface area contributed by atoms with Crippen LogP contribution in [-0.2, 0) is 19.7 Å². The van der Waals surface area contributed by atoms with Gasteiger partial charge in [-0.1, -0.05) is 259 Å². The molecule has 0 aliphatic heterocycles. The van der Waals surface area contributed by atoms with Crippen LogP contribution in [0.4, 0.5) is 0 Å². The molecule has 10 nitrogen and oxygen atoms in total. The zero-order valence-electron chi connectivity index (χ0n) is 47.1. The number of rotatable bonds is 50. The Balaban J connectivity index is 2.25. The molecule has 12 heteroatoms. The van der Waals surface area contributed by atoms with E-state index in [1.165, 1.54) is 203 Å². The van der Waals surface area contributed by atoms with E-state index in [-0.39, 0.29) is 24.7 Å². The van der Waals surface area contributed by atoms with Crippen LogP contribution in [0.1, 0.15) is 285 Å². The molecule has 0 bridgehead atoms. The molecule has 0 saturated heterocycles. The number of benzene rings is 2. The summed E-state index contributed by atoms with van der Waals surface area (Å²) in [6.45, 7) is 10.3. The van der Waals surface area contributed by atoms with E-state index in [4.69, 9.17) is 18.9 Å². The first-order chi connectivity index (χ1) is 35.7. The maximum Gasteiger partial charge on any atom is 0.504 e. The quantitative estimate of drug-likeness (QED) is 0.0210. The molecule has 0 amide bonds. The third-order valence-corrected chi connectivity index (χ3v) is 18.2. The van der Waals surface area contributed by atoms with Gasteiger partial charge in [-0.05, 0) is 49.9 Å². The lowest BCUT2D eigenvalue weighted by Crippen LogP contribution is -2.27. The summed E-state index contributed by atoms with van der Waals surface area (Å²) in [4.78, 5) is 2.20. The monoisotopic (exact) mass is 1060 g/mol. The number of hydrogen-bond donors (Lipinski definition) is 0.